The summed E-state index contributed by atoms with van der Waals surface area (Å²) in [6, 6.07) is 1.27. The summed E-state index contributed by atoms with van der Waals surface area (Å²) in [6.07, 6.45) is 0. The van der Waals surface area contributed by atoms with Crippen molar-refractivity contribution in [2.75, 3.05) is 5.73 Å². The Morgan fingerprint density at radius 3 is 2.38 bits per heavy atom. The number of benzene rings is 1. The monoisotopic (exact) mass is 227 g/mol. The molecule has 0 spiro atoms. The maximum atomic E-state index is 12.6. The van der Waals surface area contributed by atoms with E-state index in [1.807, 2.05) is 0 Å². The van der Waals surface area contributed by atoms with Crippen molar-refractivity contribution in [2.45, 2.75) is 4.90 Å². The van der Waals surface area contributed by atoms with Crippen molar-refractivity contribution in [1.29, 1.82) is 0 Å². The Morgan fingerprint density at radius 2 is 1.92 bits per heavy atom. The first-order valence-electron chi connectivity index (χ1n) is 3.01. The van der Waals surface area contributed by atoms with E-state index in [1.54, 1.807) is 0 Å². The number of halogens is 3. The SMILES string of the molecule is Nc1cc(F)c(Cl)cc1S(=O)(=O)F. The smallest absolute Gasteiger partial charge is 0.334 e. The lowest BCUT2D eigenvalue weighted by Crippen LogP contribution is -2.00. The van der Waals surface area contributed by atoms with Gasteiger partial charge in [0.15, 0.2) is 0 Å². The first-order valence-corrected chi connectivity index (χ1v) is 4.77. The third-order valence-corrected chi connectivity index (χ3v) is 2.48. The summed E-state index contributed by atoms with van der Waals surface area (Å²) in [5.74, 6) is -0.897. The van der Waals surface area contributed by atoms with Gasteiger partial charge in [0.1, 0.15) is 10.7 Å². The molecule has 1 aromatic rings. The van der Waals surface area contributed by atoms with Crippen molar-refractivity contribution in [2.24, 2.45) is 0 Å². The Labute approximate surface area is 78.3 Å². The summed E-state index contributed by atoms with van der Waals surface area (Å²) in [6.45, 7) is 0. The highest BCUT2D eigenvalue weighted by Gasteiger charge is 2.18. The normalized spacial score (nSPS) is 11.6. The van der Waals surface area contributed by atoms with Crippen LogP contribution in [0.3, 0.4) is 0 Å². The van der Waals surface area contributed by atoms with Gasteiger partial charge >= 0.3 is 10.2 Å². The molecule has 0 radical (unpaired) electrons. The summed E-state index contributed by atoms with van der Waals surface area (Å²) >= 11 is 5.23. The Kier molecular flexibility index (Phi) is 2.44. The molecule has 0 aromatic heterocycles. The van der Waals surface area contributed by atoms with Gasteiger partial charge in [0, 0.05) is 0 Å². The zero-order valence-corrected chi connectivity index (χ0v) is 7.66. The highest BCUT2D eigenvalue weighted by Crippen LogP contribution is 2.26. The topological polar surface area (TPSA) is 60.2 Å². The van der Waals surface area contributed by atoms with Gasteiger partial charge < -0.3 is 5.73 Å². The van der Waals surface area contributed by atoms with Crippen LogP contribution in [0.2, 0.25) is 5.02 Å². The third-order valence-electron chi connectivity index (χ3n) is 1.32. The molecule has 0 unspecified atom stereocenters. The molecule has 13 heavy (non-hydrogen) atoms. The number of rotatable bonds is 1. The van der Waals surface area contributed by atoms with E-state index in [0.717, 1.165) is 0 Å². The van der Waals surface area contributed by atoms with Crippen LogP contribution in [-0.2, 0) is 10.2 Å². The van der Waals surface area contributed by atoms with Crippen LogP contribution in [-0.4, -0.2) is 8.42 Å². The lowest BCUT2D eigenvalue weighted by Gasteiger charge is -2.01. The first-order chi connectivity index (χ1) is 5.82. The average Bonchev–Trinajstić information content (AvgIpc) is 1.94. The van der Waals surface area contributed by atoms with Gasteiger partial charge in [-0.3, -0.25) is 0 Å². The fourth-order valence-corrected chi connectivity index (χ4v) is 1.58. The van der Waals surface area contributed by atoms with Gasteiger partial charge in [0.05, 0.1) is 10.7 Å². The predicted molar refractivity (Wildman–Crippen MR) is 44.1 cm³/mol. The van der Waals surface area contributed by atoms with Gasteiger partial charge in [0.25, 0.3) is 0 Å². The summed E-state index contributed by atoms with van der Waals surface area (Å²) in [5, 5.41) is -0.495. The minimum Gasteiger partial charge on any atom is -0.398 e. The van der Waals surface area contributed by atoms with Crippen molar-refractivity contribution in [3.63, 3.8) is 0 Å². The minimum absolute atomic E-state index is 0.495. The zero-order chi connectivity index (χ0) is 10.2. The number of nitrogens with two attached hydrogens (primary N) is 1. The number of anilines is 1. The predicted octanol–water partition coefficient (Wildman–Crippen LogP) is 1.72. The highest BCUT2D eigenvalue weighted by atomic mass is 35.5. The molecule has 0 saturated carbocycles. The van der Waals surface area contributed by atoms with Gasteiger partial charge in [-0.05, 0) is 12.1 Å². The van der Waals surface area contributed by atoms with E-state index in [4.69, 9.17) is 17.3 Å². The third kappa shape index (κ3) is 2.07. The fourth-order valence-electron chi connectivity index (χ4n) is 0.755. The van der Waals surface area contributed by atoms with Crippen LogP contribution < -0.4 is 5.73 Å². The van der Waals surface area contributed by atoms with E-state index in [1.165, 1.54) is 0 Å². The fraction of sp³-hybridized carbons (Fsp3) is 0. The van der Waals surface area contributed by atoms with Crippen LogP contribution in [0.5, 0.6) is 0 Å². The van der Waals surface area contributed by atoms with E-state index in [0.29, 0.717) is 12.1 Å². The van der Waals surface area contributed by atoms with E-state index in [-0.39, 0.29) is 0 Å². The lowest BCUT2D eigenvalue weighted by molar-refractivity contribution is 0.552. The molecule has 0 fully saturated rings. The quantitative estimate of drug-likeness (QED) is 0.587. The molecule has 2 N–H and O–H groups in total. The standard InChI is InChI=1S/C6H4ClF2NO2S/c7-3-1-6(13(9,11)12)5(10)2-4(3)8/h1-2H,10H2. The highest BCUT2D eigenvalue weighted by molar-refractivity contribution is 7.86. The maximum absolute atomic E-state index is 12.6. The summed E-state index contributed by atoms with van der Waals surface area (Å²) in [7, 11) is -4.95. The molecule has 0 atom stereocenters. The second-order valence-electron chi connectivity index (χ2n) is 2.24. The summed E-state index contributed by atoms with van der Waals surface area (Å²) in [4.78, 5) is -0.820. The Bertz CT molecular complexity index is 446. The van der Waals surface area contributed by atoms with Crippen molar-refractivity contribution in [3.8, 4) is 0 Å². The molecule has 0 amide bonds. The summed E-state index contributed by atoms with van der Waals surface area (Å²) < 4.78 is 45.8. The zero-order valence-electron chi connectivity index (χ0n) is 6.09. The Hall–Kier alpha value is -0.880. The van der Waals surface area contributed by atoms with Crippen molar-refractivity contribution in [1.82, 2.24) is 0 Å². The van der Waals surface area contributed by atoms with Gasteiger partial charge in [0.2, 0.25) is 0 Å². The molecule has 72 valence electrons. The molecule has 3 nitrogen and oxygen atoms in total. The van der Waals surface area contributed by atoms with E-state index in [9.17, 15) is 16.7 Å². The molecule has 0 heterocycles. The molecule has 0 bridgehead atoms. The van der Waals surface area contributed by atoms with E-state index in [2.05, 4.69) is 0 Å². The second kappa shape index (κ2) is 3.12. The average molecular weight is 228 g/mol. The molecule has 0 aliphatic carbocycles. The largest absolute Gasteiger partial charge is 0.398 e. The van der Waals surface area contributed by atoms with E-state index < -0.39 is 31.6 Å². The van der Waals surface area contributed by atoms with Crippen LogP contribution in [0.25, 0.3) is 0 Å². The van der Waals surface area contributed by atoms with Gasteiger partial charge in [-0.1, -0.05) is 11.6 Å². The molecule has 7 heteroatoms. The lowest BCUT2D eigenvalue weighted by atomic mass is 10.3. The van der Waals surface area contributed by atoms with Gasteiger partial charge in [-0.15, -0.1) is 3.89 Å². The number of hydrogen-bond donors (Lipinski definition) is 1. The van der Waals surface area contributed by atoms with Gasteiger partial charge in [-0.25, -0.2) is 4.39 Å². The van der Waals surface area contributed by atoms with Crippen LogP contribution in [0.4, 0.5) is 14.0 Å². The van der Waals surface area contributed by atoms with Gasteiger partial charge in [-0.2, -0.15) is 8.42 Å². The number of hydrogen-bond acceptors (Lipinski definition) is 3. The second-order valence-corrected chi connectivity index (χ2v) is 3.96. The molecule has 0 saturated heterocycles. The number of nitrogen functional groups attached to an aromatic ring is 1. The Morgan fingerprint density at radius 1 is 1.38 bits per heavy atom. The minimum atomic E-state index is -4.95. The summed E-state index contributed by atoms with van der Waals surface area (Å²) in [5.41, 5.74) is 4.55. The first kappa shape index (κ1) is 10.2. The van der Waals surface area contributed by atoms with Crippen LogP contribution in [0.1, 0.15) is 0 Å². The Balaban J connectivity index is 3.50. The molecule has 1 rings (SSSR count). The molecular formula is C6H4ClF2NO2S. The van der Waals surface area contributed by atoms with E-state index >= 15 is 0 Å². The molecule has 0 aliphatic heterocycles. The van der Waals surface area contributed by atoms with Crippen molar-refractivity contribution in [3.05, 3.63) is 23.0 Å². The molecular weight excluding hydrogens is 224 g/mol. The molecule has 0 aliphatic rings. The maximum Gasteiger partial charge on any atom is 0.334 e. The molecule has 1 aromatic carbocycles. The van der Waals surface area contributed by atoms with Crippen molar-refractivity contribution >= 4 is 27.5 Å². The van der Waals surface area contributed by atoms with Crippen LogP contribution >= 0.6 is 11.6 Å². The van der Waals surface area contributed by atoms with Crippen LogP contribution in [0.15, 0.2) is 17.0 Å². The van der Waals surface area contributed by atoms with Crippen molar-refractivity contribution < 1.29 is 16.7 Å². The van der Waals surface area contributed by atoms with Crippen LogP contribution in [0, 0.1) is 5.82 Å².